The van der Waals surface area contributed by atoms with Gasteiger partial charge in [-0.3, -0.25) is 4.79 Å². The third-order valence-corrected chi connectivity index (χ3v) is 7.18. The highest BCUT2D eigenvalue weighted by atomic mass is 16.3. The third-order valence-electron chi connectivity index (χ3n) is 7.18. The van der Waals surface area contributed by atoms with Gasteiger partial charge in [0.05, 0.1) is 6.04 Å². The van der Waals surface area contributed by atoms with E-state index in [0.29, 0.717) is 12.8 Å². The lowest BCUT2D eigenvalue weighted by atomic mass is 9.63. The van der Waals surface area contributed by atoms with Gasteiger partial charge in [-0.25, -0.2) is 0 Å². The van der Waals surface area contributed by atoms with Gasteiger partial charge in [-0.2, -0.15) is 0 Å². The Kier molecular flexibility index (Phi) is 5.30. The Hall–Kier alpha value is -1.39. The van der Waals surface area contributed by atoms with Gasteiger partial charge in [-0.15, -0.1) is 0 Å². The van der Waals surface area contributed by atoms with Crippen LogP contribution in [0.4, 0.5) is 0 Å². The van der Waals surface area contributed by atoms with E-state index in [1.807, 2.05) is 0 Å². The van der Waals surface area contributed by atoms with Gasteiger partial charge in [0.25, 0.3) is 0 Å². The summed E-state index contributed by atoms with van der Waals surface area (Å²) in [6.45, 7) is 8.18. The first-order valence-corrected chi connectivity index (χ1v) is 10.8. The SMILES string of the molecule is CC(C)CCN1CCC2(CC[C@H](N3C(=O)CCC3O)c3ccccc32)CC1. The van der Waals surface area contributed by atoms with Crippen LogP contribution >= 0.6 is 0 Å². The molecule has 1 spiro atoms. The molecule has 1 N–H and O–H groups in total. The molecule has 0 saturated carbocycles. The maximum atomic E-state index is 12.4. The molecule has 2 saturated heterocycles. The topological polar surface area (TPSA) is 43.8 Å². The zero-order valence-corrected chi connectivity index (χ0v) is 16.9. The van der Waals surface area contributed by atoms with Gasteiger partial charge in [0.2, 0.25) is 5.91 Å². The second-order valence-corrected chi connectivity index (χ2v) is 9.27. The first-order valence-electron chi connectivity index (χ1n) is 10.8. The van der Waals surface area contributed by atoms with Crippen LogP contribution in [0.15, 0.2) is 24.3 Å². The van der Waals surface area contributed by atoms with Crippen molar-refractivity contribution in [2.75, 3.05) is 19.6 Å². The van der Waals surface area contributed by atoms with Crippen molar-refractivity contribution in [3.05, 3.63) is 35.4 Å². The fourth-order valence-corrected chi connectivity index (χ4v) is 5.50. The molecule has 4 heteroatoms. The third kappa shape index (κ3) is 3.54. The molecule has 1 aromatic carbocycles. The summed E-state index contributed by atoms with van der Waals surface area (Å²) in [5.41, 5.74) is 2.99. The quantitative estimate of drug-likeness (QED) is 0.876. The standard InChI is InChI=1S/C23H34N2O2/c1-17(2)10-14-24-15-12-23(13-16-24)11-9-20(18-5-3-4-6-19(18)23)25-21(26)7-8-22(25)27/h3-6,17,20-21,26H,7-16H2,1-2H3/t20-,21?/m0/s1. The van der Waals surface area contributed by atoms with Crippen molar-refractivity contribution in [2.24, 2.45) is 5.92 Å². The number of hydrogen-bond acceptors (Lipinski definition) is 3. The molecule has 3 aliphatic rings. The number of aliphatic hydroxyl groups excluding tert-OH is 1. The highest BCUT2D eigenvalue weighted by molar-refractivity contribution is 5.79. The average Bonchev–Trinajstić information content (AvgIpc) is 3.00. The van der Waals surface area contributed by atoms with Crippen molar-refractivity contribution >= 4 is 5.91 Å². The monoisotopic (exact) mass is 370 g/mol. The lowest BCUT2D eigenvalue weighted by Crippen LogP contribution is -2.47. The lowest BCUT2D eigenvalue weighted by Gasteiger charge is -2.49. The number of piperidine rings is 1. The maximum Gasteiger partial charge on any atom is 0.225 e. The summed E-state index contributed by atoms with van der Waals surface area (Å²) in [4.78, 5) is 16.8. The van der Waals surface area contributed by atoms with Gasteiger partial charge < -0.3 is 14.9 Å². The molecule has 1 aromatic rings. The van der Waals surface area contributed by atoms with E-state index in [4.69, 9.17) is 0 Å². The average molecular weight is 371 g/mol. The fourth-order valence-electron chi connectivity index (χ4n) is 5.50. The highest BCUT2D eigenvalue weighted by Gasteiger charge is 2.45. The Labute approximate surface area is 163 Å². The van der Waals surface area contributed by atoms with E-state index in [-0.39, 0.29) is 17.4 Å². The highest BCUT2D eigenvalue weighted by Crippen LogP contribution is 2.50. The second kappa shape index (κ2) is 7.56. The number of benzene rings is 1. The Morgan fingerprint density at radius 1 is 1.15 bits per heavy atom. The number of hydrogen-bond donors (Lipinski definition) is 1. The molecular formula is C23H34N2O2. The molecule has 1 amide bonds. The molecule has 2 atom stereocenters. The number of carbonyl (C=O) groups is 1. The van der Waals surface area contributed by atoms with Gasteiger partial charge >= 0.3 is 0 Å². The van der Waals surface area contributed by atoms with Gasteiger partial charge in [-0.05, 0) is 74.2 Å². The predicted molar refractivity (Wildman–Crippen MR) is 107 cm³/mol. The minimum absolute atomic E-state index is 0.0517. The van der Waals surface area contributed by atoms with Crippen molar-refractivity contribution in [3.63, 3.8) is 0 Å². The van der Waals surface area contributed by atoms with E-state index in [9.17, 15) is 9.90 Å². The molecule has 4 nitrogen and oxygen atoms in total. The van der Waals surface area contributed by atoms with Crippen LogP contribution in [0.2, 0.25) is 0 Å². The fraction of sp³-hybridized carbons (Fsp3) is 0.696. The number of nitrogens with zero attached hydrogens (tertiary/aromatic N) is 2. The molecule has 2 aliphatic heterocycles. The molecule has 0 bridgehead atoms. The summed E-state index contributed by atoms with van der Waals surface area (Å²) in [7, 11) is 0. The Morgan fingerprint density at radius 3 is 2.56 bits per heavy atom. The minimum atomic E-state index is -0.609. The Morgan fingerprint density at radius 2 is 1.89 bits per heavy atom. The van der Waals surface area contributed by atoms with E-state index < -0.39 is 6.23 Å². The largest absolute Gasteiger partial charge is 0.373 e. The van der Waals surface area contributed by atoms with E-state index in [1.54, 1.807) is 4.90 Å². The predicted octanol–water partition coefficient (Wildman–Crippen LogP) is 3.84. The summed E-state index contributed by atoms with van der Waals surface area (Å²) in [5.74, 6) is 0.878. The normalized spacial score (nSPS) is 28.1. The van der Waals surface area contributed by atoms with E-state index in [0.717, 1.165) is 18.8 Å². The van der Waals surface area contributed by atoms with Crippen LogP contribution in [-0.4, -0.2) is 46.7 Å². The molecule has 2 heterocycles. The van der Waals surface area contributed by atoms with Crippen LogP contribution in [0.25, 0.3) is 0 Å². The molecule has 148 valence electrons. The van der Waals surface area contributed by atoms with Gasteiger partial charge in [-0.1, -0.05) is 38.1 Å². The van der Waals surface area contributed by atoms with Crippen LogP contribution in [0, 0.1) is 5.92 Å². The van der Waals surface area contributed by atoms with E-state index >= 15 is 0 Å². The number of likely N-dealkylation sites (tertiary alicyclic amines) is 2. The zero-order chi connectivity index (χ0) is 19.0. The Balaban J connectivity index is 1.54. The van der Waals surface area contributed by atoms with Crippen molar-refractivity contribution in [1.82, 2.24) is 9.80 Å². The van der Waals surface area contributed by atoms with Crippen LogP contribution < -0.4 is 0 Å². The lowest BCUT2D eigenvalue weighted by molar-refractivity contribution is -0.137. The summed E-state index contributed by atoms with van der Waals surface area (Å²) in [5, 5.41) is 10.4. The van der Waals surface area contributed by atoms with Gasteiger partial charge in [0.15, 0.2) is 0 Å². The summed E-state index contributed by atoms with van der Waals surface area (Å²) < 4.78 is 0. The number of fused-ring (bicyclic) bond motifs is 2. The van der Waals surface area contributed by atoms with Crippen molar-refractivity contribution in [3.8, 4) is 0 Å². The number of amides is 1. The van der Waals surface area contributed by atoms with E-state index in [1.165, 1.54) is 50.0 Å². The van der Waals surface area contributed by atoms with Crippen molar-refractivity contribution in [1.29, 1.82) is 0 Å². The number of carbonyl (C=O) groups excluding carboxylic acids is 1. The summed E-state index contributed by atoms with van der Waals surface area (Å²) in [6, 6.07) is 8.78. The number of aliphatic hydroxyl groups is 1. The first kappa shape index (κ1) is 18.9. The van der Waals surface area contributed by atoms with Crippen LogP contribution in [0.3, 0.4) is 0 Å². The number of rotatable bonds is 4. The summed E-state index contributed by atoms with van der Waals surface area (Å²) >= 11 is 0. The molecule has 4 rings (SSSR count). The smallest absolute Gasteiger partial charge is 0.225 e. The maximum absolute atomic E-state index is 12.4. The molecule has 27 heavy (non-hydrogen) atoms. The summed E-state index contributed by atoms with van der Waals surface area (Å²) in [6.07, 6.45) is 6.26. The first-order chi connectivity index (χ1) is 13.0. The van der Waals surface area contributed by atoms with Crippen LogP contribution in [0.5, 0.6) is 0 Å². The van der Waals surface area contributed by atoms with Gasteiger partial charge in [0.1, 0.15) is 6.23 Å². The van der Waals surface area contributed by atoms with Crippen LogP contribution in [-0.2, 0) is 10.2 Å². The van der Waals surface area contributed by atoms with Crippen molar-refractivity contribution < 1.29 is 9.90 Å². The van der Waals surface area contributed by atoms with E-state index in [2.05, 4.69) is 43.0 Å². The zero-order valence-electron chi connectivity index (χ0n) is 16.9. The molecule has 0 aromatic heterocycles. The van der Waals surface area contributed by atoms with Gasteiger partial charge in [0, 0.05) is 12.8 Å². The minimum Gasteiger partial charge on any atom is -0.373 e. The Bertz CT molecular complexity index is 679. The molecular weight excluding hydrogens is 336 g/mol. The molecule has 1 aliphatic carbocycles. The second-order valence-electron chi connectivity index (χ2n) is 9.27. The molecule has 2 fully saturated rings. The van der Waals surface area contributed by atoms with Crippen molar-refractivity contribution in [2.45, 2.75) is 76.5 Å². The molecule has 1 unspecified atom stereocenters. The van der Waals surface area contributed by atoms with Crippen LogP contribution in [0.1, 0.15) is 76.0 Å². The molecule has 0 radical (unpaired) electrons.